The van der Waals surface area contributed by atoms with Gasteiger partial charge in [0.15, 0.2) is 10.0 Å². The number of hydrogen-bond donors (Lipinski definition) is 11. The SMILES string of the molecule is CC(=O)Nc1cc(O)c(C(N)=O)cc1N=Nc1nc2ccccc2s1.CC(=O)Nc1cc(O)c(C(N)=O)cc1N=Nc1snc2ccccc12.CC(=O)Nc1cc(O)c(Cl)cc1N=Nc1nncs1.[C-]#[N+]c1c(C)nsc1N=Nc1cc(C(N)=O)c(O)cc1NC(C)=O. The minimum absolute atomic E-state index is 0.110. The molecule has 6 aromatic carbocycles. The summed E-state index contributed by atoms with van der Waals surface area (Å²) < 4.78 is 9.25. The summed E-state index contributed by atoms with van der Waals surface area (Å²) in [5, 5.41) is 91.1. The molecule has 10 rings (SSSR count). The van der Waals surface area contributed by atoms with Crippen LogP contribution in [-0.4, -0.2) is 85.7 Å². The Kier molecular flexibility index (Phi) is 23.1. The largest absolute Gasteiger partial charge is 0.507 e. The number of benzene rings is 6. The lowest BCUT2D eigenvalue weighted by Gasteiger charge is -2.08. The summed E-state index contributed by atoms with van der Waals surface area (Å²) >= 11 is 10.5. The number of thiazole rings is 1. The van der Waals surface area contributed by atoms with Gasteiger partial charge < -0.3 is 58.9 Å². The third kappa shape index (κ3) is 18.8. The molecule has 0 spiro atoms. The van der Waals surface area contributed by atoms with Gasteiger partial charge in [0.1, 0.15) is 51.3 Å². The van der Waals surface area contributed by atoms with Crippen LogP contribution >= 0.6 is 57.3 Å². The maximum Gasteiger partial charge on any atom is 0.252 e. The molecular weight excluding hydrogens is 1310 g/mol. The molecule has 472 valence electrons. The van der Waals surface area contributed by atoms with Crippen molar-refractivity contribution in [2.24, 2.45) is 58.1 Å². The molecule has 32 nitrogen and oxygen atoms in total. The number of hydrogen-bond acceptors (Lipinski definition) is 28. The molecule has 37 heteroatoms. The molecule has 0 fully saturated rings. The molecule has 0 saturated heterocycles. The normalized spacial score (nSPS) is 10.9. The summed E-state index contributed by atoms with van der Waals surface area (Å²) in [6, 6.07) is 25.0. The van der Waals surface area contributed by atoms with Crippen molar-refractivity contribution in [3.05, 3.63) is 141 Å². The summed E-state index contributed by atoms with van der Waals surface area (Å²) in [5.74, 6) is -5.13. The molecule has 10 aromatic rings. The molecule has 7 amide bonds. The van der Waals surface area contributed by atoms with Gasteiger partial charge in [-0.05, 0) is 78.5 Å². The molecule has 4 heterocycles. The van der Waals surface area contributed by atoms with Crippen LogP contribution in [0, 0.1) is 13.5 Å². The van der Waals surface area contributed by atoms with Gasteiger partial charge in [0.2, 0.25) is 34.4 Å². The number of phenols is 4. The van der Waals surface area contributed by atoms with Gasteiger partial charge in [-0.1, -0.05) is 58.5 Å². The molecule has 0 saturated carbocycles. The summed E-state index contributed by atoms with van der Waals surface area (Å²) in [4.78, 5) is 86.8. The predicted octanol–water partition coefficient (Wildman–Crippen LogP) is 13.4. The number of primary amides is 3. The first-order chi connectivity index (χ1) is 44.3. The molecule has 0 aliphatic heterocycles. The van der Waals surface area contributed by atoms with Crippen LogP contribution in [0.25, 0.3) is 26.0 Å². The number of anilines is 4. The van der Waals surface area contributed by atoms with E-state index < -0.39 is 23.6 Å². The summed E-state index contributed by atoms with van der Waals surface area (Å²) in [7, 11) is 0. The molecule has 0 atom stereocenters. The molecule has 14 N–H and O–H groups in total. The van der Waals surface area contributed by atoms with Gasteiger partial charge in [-0.15, -0.1) is 51.1 Å². The number of amides is 7. The number of halogens is 1. The average Bonchev–Trinajstić information content (AvgIpc) is 1.53. The fraction of sp³-hybridized carbons (Fsp3) is 0.0893. The second kappa shape index (κ2) is 31.4. The van der Waals surface area contributed by atoms with Crippen molar-refractivity contribution in [1.29, 1.82) is 0 Å². The standard InChI is InChI=1S/2C16H13N5O3S.C14H12N6O3S.C10H8ClN5O2S/c1-8(22)18-11-7-13(23)9(15(17)24)6-12(11)20-21-16-19-10-4-2-3-5-14(10)25-16;1-8(22)18-12-7-14(23)10(15(17)24)6-13(12)19-20-16-9-4-2-3-5-11(9)21-25-16;1-6-12(16-3)14(24-20-6)19-18-10-4-8(13(15)23)11(22)5-9(10)17-7(2)21;1-5(17)13-7-3-9(18)6(11)2-8(7)14-16-10-15-12-4-19-10/h2*2-7,23H,1H3,(H2,17,24)(H,18,22);4-5,22H,1-2H3,(H2,15,23)(H,17,21);2-4,18H,1H3,(H,13,17). The highest BCUT2D eigenvalue weighted by atomic mass is 35.5. The Balaban J connectivity index is 0.000000177. The minimum atomic E-state index is -0.853. The molecule has 0 bridgehead atoms. The number of nitrogens with zero attached hydrogens (tertiary/aromatic N) is 14. The lowest BCUT2D eigenvalue weighted by Crippen LogP contribution is -2.12. The Labute approximate surface area is 544 Å². The Bertz CT molecular complexity index is 4680. The number of aryl methyl sites for hydroxylation is 1. The number of fused-ring (bicyclic) bond motifs is 2. The van der Waals surface area contributed by atoms with Crippen molar-refractivity contribution in [1.82, 2.24) is 23.9 Å². The Hall–Kier alpha value is -12.0. The molecule has 0 unspecified atom stereocenters. The second-order valence-corrected chi connectivity index (χ2v) is 22.1. The number of aromatic hydroxyl groups is 4. The minimum Gasteiger partial charge on any atom is -0.507 e. The number of azo groups is 4. The van der Waals surface area contributed by atoms with Crippen molar-refractivity contribution in [3.63, 3.8) is 0 Å². The topological polar surface area (TPSA) is 494 Å². The number of rotatable bonds is 15. The summed E-state index contributed by atoms with van der Waals surface area (Å²) in [6.07, 6.45) is 0. The zero-order chi connectivity index (χ0) is 67.6. The van der Waals surface area contributed by atoms with Crippen LogP contribution in [-0.2, 0) is 19.2 Å². The van der Waals surface area contributed by atoms with Crippen molar-refractivity contribution < 1.29 is 54.0 Å². The van der Waals surface area contributed by atoms with E-state index in [4.69, 9.17) is 35.4 Å². The van der Waals surface area contributed by atoms with E-state index in [1.54, 1.807) is 6.92 Å². The van der Waals surface area contributed by atoms with Crippen LogP contribution in [0.15, 0.2) is 143 Å². The first kappa shape index (κ1) is 68.5. The molecule has 4 aromatic heterocycles. The zero-order valence-electron chi connectivity index (χ0n) is 48.5. The van der Waals surface area contributed by atoms with E-state index in [2.05, 4.69) is 91.0 Å². The molecule has 0 aliphatic rings. The third-order valence-electron chi connectivity index (χ3n) is 11.4. The lowest BCUT2D eigenvalue weighted by atomic mass is 10.1. The quantitative estimate of drug-likeness (QED) is 0.0335. The maximum absolute atomic E-state index is 11.4. The number of carbonyl (C=O) groups excluding carboxylic acids is 7. The maximum atomic E-state index is 11.4. The van der Waals surface area contributed by atoms with Crippen molar-refractivity contribution in [2.45, 2.75) is 34.6 Å². The van der Waals surface area contributed by atoms with Crippen molar-refractivity contribution in [3.8, 4) is 23.0 Å². The van der Waals surface area contributed by atoms with Crippen molar-refractivity contribution >= 4 is 191 Å². The Morgan fingerprint density at radius 2 is 0.946 bits per heavy atom. The number of nitrogens with one attached hydrogen (secondary N) is 4. The lowest BCUT2D eigenvalue weighted by molar-refractivity contribution is -0.115. The number of nitrogens with two attached hydrogens (primary N) is 3. The van der Waals surface area contributed by atoms with E-state index in [0.717, 1.165) is 38.7 Å². The van der Waals surface area contributed by atoms with Crippen LogP contribution in [0.2, 0.25) is 5.02 Å². The molecule has 0 radical (unpaired) electrons. The van der Waals surface area contributed by atoms with Crippen LogP contribution in [0.4, 0.5) is 71.5 Å². The Morgan fingerprint density at radius 3 is 1.40 bits per heavy atom. The number of phenolic OH excluding ortho intramolecular Hbond substituents is 1. The van der Waals surface area contributed by atoms with Crippen LogP contribution < -0.4 is 38.5 Å². The van der Waals surface area contributed by atoms with Gasteiger partial charge in [-0.2, -0.15) is 4.37 Å². The first-order valence-corrected chi connectivity index (χ1v) is 29.5. The smallest absolute Gasteiger partial charge is 0.252 e. The average molecular weight is 1350 g/mol. The molecular formula is C56H46ClN21O11S4. The van der Waals surface area contributed by atoms with E-state index in [1.807, 2.05) is 48.5 Å². The first-order valence-electron chi connectivity index (χ1n) is 25.9. The monoisotopic (exact) mass is 1350 g/mol. The number of carbonyl (C=O) groups is 7. The van der Waals surface area contributed by atoms with Gasteiger partial charge in [-0.25, -0.2) is 14.2 Å². The second-order valence-electron chi connectivity index (χ2n) is 18.3. The van der Waals surface area contributed by atoms with Gasteiger partial charge in [-0.3, -0.25) is 33.6 Å². The van der Waals surface area contributed by atoms with E-state index in [9.17, 15) is 54.0 Å². The van der Waals surface area contributed by atoms with E-state index in [0.29, 0.717) is 37.3 Å². The highest BCUT2D eigenvalue weighted by Gasteiger charge is 2.19. The van der Waals surface area contributed by atoms with Gasteiger partial charge in [0.05, 0.1) is 72.5 Å². The highest BCUT2D eigenvalue weighted by Crippen LogP contribution is 2.42. The predicted molar refractivity (Wildman–Crippen MR) is 349 cm³/mol. The van der Waals surface area contributed by atoms with Gasteiger partial charge in [0.25, 0.3) is 22.9 Å². The highest BCUT2D eigenvalue weighted by molar-refractivity contribution is 7.21. The van der Waals surface area contributed by atoms with Gasteiger partial charge >= 0.3 is 0 Å². The van der Waals surface area contributed by atoms with Crippen LogP contribution in [0.3, 0.4) is 0 Å². The van der Waals surface area contributed by atoms with E-state index in [-0.39, 0.29) is 102 Å². The molecule has 0 aliphatic carbocycles. The van der Waals surface area contributed by atoms with Crippen LogP contribution in [0.1, 0.15) is 64.5 Å². The zero-order valence-corrected chi connectivity index (χ0v) is 52.5. The molecule has 93 heavy (non-hydrogen) atoms. The van der Waals surface area contributed by atoms with Gasteiger partial charge in [0, 0.05) is 57.3 Å². The Morgan fingerprint density at radius 1 is 0.527 bits per heavy atom. The number of para-hydroxylation sites is 1. The van der Waals surface area contributed by atoms with E-state index >= 15 is 0 Å². The third-order valence-corrected chi connectivity index (χ3v) is 14.7. The van der Waals surface area contributed by atoms with Crippen LogP contribution in [0.5, 0.6) is 23.0 Å². The number of aromatic nitrogens is 5. The van der Waals surface area contributed by atoms with Crippen molar-refractivity contribution in [2.75, 3.05) is 21.3 Å². The summed E-state index contributed by atoms with van der Waals surface area (Å²) in [6.45, 7) is 14.1. The van der Waals surface area contributed by atoms with E-state index in [1.165, 1.54) is 110 Å². The summed E-state index contributed by atoms with van der Waals surface area (Å²) in [5.41, 5.74) is 20.9. The fourth-order valence-corrected chi connectivity index (χ4v) is 10.0. The fourth-order valence-electron chi connectivity index (χ4n) is 7.36.